The zero-order valence-electron chi connectivity index (χ0n) is 7.58. The SMILES string of the molecule is CCC1(CCSC(F)(F)F)CNC1. The van der Waals surface area contributed by atoms with Gasteiger partial charge in [0.2, 0.25) is 0 Å². The second-order valence-corrected chi connectivity index (χ2v) is 4.66. The molecule has 1 aliphatic heterocycles. The van der Waals surface area contributed by atoms with Crippen molar-refractivity contribution < 1.29 is 13.2 Å². The summed E-state index contributed by atoms with van der Waals surface area (Å²) in [6.45, 7) is 3.79. The van der Waals surface area contributed by atoms with E-state index in [0.717, 1.165) is 19.5 Å². The molecule has 0 aromatic rings. The summed E-state index contributed by atoms with van der Waals surface area (Å²) in [7, 11) is 0. The summed E-state index contributed by atoms with van der Waals surface area (Å²) >= 11 is 0.0973. The van der Waals surface area contributed by atoms with Gasteiger partial charge in [0.1, 0.15) is 0 Å². The number of hydrogen-bond donors (Lipinski definition) is 1. The molecule has 0 bridgehead atoms. The maximum absolute atomic E-state index is 11.8. The van der Waals surface area contributed by atoms with Crippen molar-refractivity contribution in [3.63, 3.8) is 0 Å². The fourth-order valence-corrected chi connectivity index (χ4v) is 2.23. The van der Waals surface area contributed by atoms with Gasteiger partial charge in [0, 0.05) is 18.8 Å². The van der Waals surface area contributed by atoms with E-state index in [1.54, 1.807) is 0 Å². The van der Waals surface area contributed by atoms with Gasteiger partial charge in [-0.2, -0.15) is 13.2 Å². The highest BCUT2D eigenvalue weighted by atomic mass is 32.2. The number of halogens is 3. The molecule has 0 unspecified atom stereocenters. The Labute approximate surface area is 80.5 Å². The first-order valence-electron chi connectivity index (χ1n) is 4.39. The van der Waals surface area contributed by atoms with Crippen LogP contribution in [0.1, 0.15) is 19.8 Å². The lowest BCUT2D eigenvalue weighted by atomic mass is 9.77. The van der Waals surface area contributed by atoms with Gasteiger partial charge in [-0.3, -0.25) is 0 Å². The van der Waals surface area contributed by atoms with Gasteiger partial charge >= 0.3 is 5.51 Å². The predicted octanol–water partition coefficient (Wildman–Crippen LogP) is 2.63. The van der Waals surface area contributed by atoms with Crippen LogP contribution in [0.3, 0.4) is 0 Å². The Morgan fingerprint density at radius 2 is 2.00 bits per heavy atom. The van der Waals surface area contributed by atoms with E-state index in [4.69, 9.17) is 0 Å². The lowest BCUT2D eigenvalue weighted by Crippen LogP contribution is -2.53. The minimum Gasteiger partial charge on any atom is -0.316 e. The molecule has 0 aromatic carbocycles. The zero-order chi connectivity index (χ0) is 9.95. The van der Waals surface area contributed by atoms with Crippen LogP contribution < -0.4 is 5.32 Å². The van der Waals surface area contributed by atoms with Crippen molar-refractivity contribution in [3.05, 3.63) is 0 Å². The topological polar surface area (TPSA) is 12.0 Å². The Bertz CT molecular complexity index is 160. The standard InChI is InChI=1S/C8H14F3NS/c1-2-7(5-12-6-7)3-4-13-8(9,10)11/h12H,2-6H2,1H3. The number of rotatable bonds is 4. The maximum atomic E-state index is 11.8. The molecule has 0 atom stereocenters. The lowest BCUT2D eigenvalue weighted by molar-refractivity contribution is -0.0330. The zero-order valence-corrected chi connectivity index (χ0v) is 8.39. The average molecular weight is 213 g/mol. The van der Waals surface area contributed by atoms with E-state index in [0.29, 0.717) is 6.42 Å². The molecule has 1 rings (SSSR count). The number of alkyl halides is 3. The van der Waals surface area contributed by atoms with Crippen LogP contribution in [0.4, 0.5) is 13.2 Å². The highest BCUT2D eigenvalue weighted by molar-refractivity contribution is 8.00. The van der Waals surface area contributed by atoms with Crippen molar-refractivity contribution in [1.29, 1.82) is 0 Å². The molecule has 0 spiro atoms. The van der Waals surface area contributed by atoms with Crippen LogP contribution in [0, 0.1) is 5.41 Å². The fraction of sp³-hybridized carbons (Fsp3) is 1.00. The fourth-order valence-electron chi connectivity index (χ4n) is 1.47. The summed E-state index contributed by atoms with van der Waals surface area (Å²) in [6.07, 6.45) is 1.64. The van der Waals surface area contributed by atoms with Crippen LogP contribution in [-0.2, 0) is 0 Å². The van der Waals surface area contributed by atoms with Crippen LogP contribution >= 0.6 is 11.8 Å². The summed E-state index contributed by atoms with van der Waals surface area (Å²) < 4.78 is 35.4. The first-order valence-corrected chi connectivity index (χ1v) is 5.37. The molecule has 0 amide bonds. The second kappa shape index (κ2) is 4.09. The molecule has 0 aromatic heterocycles. The van der Waals surface area contributed by atoms with E-state index >= 15 is 0 Å². The summed E-state index contributed by atoms with van der Waals surface area (Å²) in [4.78, 5) is 0. The Morgan fingerprint density at radius 3 is 2.31 bits per heavy atom. The van der Waals surface area contributed by atoms with E-state index in [9.17, 15) is 13.2 Å². The molecule has 0 aliphatic carbocycles. The Kier molecular flexibility index (Phi) is 3.51. The molecule has 1 saturated heterocycles. The molecule has 1 fully saturated rings. The molecule has 0 saturated carbocycles. The van der Waals surface area contributed by atoms with Crippen LogP contribution in [0.15, 0.2) is 0 Å². The van der Waals surface area contributed by atoms with Crippen molar-refractivity contribution in [3.8, 4) is 0 Å². The minimum absolute atomic E-state index is 0.0973. The van der Waals surface area contributed by atoms with E-state index in [1.807, 2.05) is 6.92 Å². The van der Waals surface area contributed by atoms with E-state index in [1.165, 1.54) is 0 Å². The summed E-state index contributed by atoms with van der Waals surface area (Å²) in [5.41, 5.74) is -3.91. The Hall–Kier alpha value is 0.1000. The van der Waals surface area contributed by atoms with Gasteiger partial charge in [-0.05, 0) is 18.3 Å². The van der Waals surface area contributed by atoms with Crippen molar-refractivity contribution in [2.24, 2.45) is 5.41 Å². The van der Waals surface area contributed by atoms with Crippen molar-refractivity contribution in [1.82, 2.24) is 5.32 Å². The van der Waals surface area contributed by atoms with Crippen molar-refractivity contribution in [2.45, 2.75) is 25.3 Å². The Balaban J connectivity index is 2.18. The number of hydrogen-bond acceptors (Lipinski definition) is 2. The maximum Gasteiger partial charge on any atom is 0.441 e. The van der Waals surface area contributed by atoms with Gasteiger partial charge in [-0.1, -0.05) is 18.7 Å². The summed E-state index contributed by atoms with van der Waals surface area (Å²) in [5.74, 6) is 0.193. The van der Waals surface area contributed by atoms with Crippen molar-refractivity contribution in [2.75, 3.05) is 18.8 Å². The van der Waals surface area contributed by atoms with Gasteiger partial charge in [0.05, 0.1) is 0 Å². The lowest BCUT2D eigenvalue weighted by Gasteiger charge is -2.42. The van der Waals surface area contributed by atoms with Crippen LogP contribution in [0.25, 0.3) is 0 Å². The monoisotopic (exact) mass is 213 g/mol. The smallest absolute Gasteiger partial charge is 0.316 e. The van der Waals surface area contributed by atoms with Crippen LogP contribution in [0.5, 0.6) is 0 Å². The number of thioether (sulfide) groups is 1. The van der Waals surface area contributed by atoms with Crippen LogP contribution in [0.2, 0.25) is 0 Å². The first-order chi connectivity index (χ1) is 5.97. The van der Waals surface area contributed by atoms with Crippen molar-refractivity contribution >= 4 is 11.8 Å². The quantitative estimate of drug-likeness (QED) is 0.770. The Morgan fingerprint density at radius 1 is 1.38 bits per heavy atom. The third kappa shape index (κ3) is 3.38. The molecular formula is C8H14F3NS. The largest absolute Gasteiger partial charge is 0.441 e. The van der Waals surface area contributed by atoms with E-state index in [-0.39, 0.29) is 22.9 Å². The molecular weight excluding hydrogens is 199 g/mol. The summed E-state index contributed by atoms with van der Waals surface area (Å²) in [5, 5.41) is 3.11. The van der Waals surface area contributed by atoms with Gasteiger partial charge in [-0.25, -0.2) is 0 Å². The van der Waals surface area contributed by atoms with Gasteiger partial charge in [-0.15, -0.1) is 0 Å². The van der Waals surface area contributed by atoms with E-state index in [2.05, 4.69) is 5.32 Å². The molecule has 78 valence electrons. The molecule has 13 heavy (non-hydrogen) atoms. The summed E-state index contributed by atoms with van der Waals surface area (Å²) in [6, 6.07) is 0. The normalized spacial score (nSPS) is 21.2. The average Bonchev–Trinajstić information content (AvgIpc) is 1.92. The number of nitrogens with one attached hydrogen (secondary N) is 1. The second-order valence-electron chi connectivity index (χ2n) is 3.50. The predicted molar refractivity (Wildman–Crippen MR) is 48.7 cm³/mol. The van der Waals surface area contributed by atoms with E-state index < -0.39 is 5.51 Å². The van der Waals surface area contributed by atoms with Gasteiger partial charge in [0.15, 0.2) is 0 Å². The minimum atomic E-state index is -4.06. The molecule has 5 heteroatoms. The molecule has 0 radical (unpaired) electrons. The third-order valence-electron chi connectivity index (χ3n) is 2.65. The molecule has 1 aliphatic rings. The van der Waals surface area contributed by atoms with Gasteiger partial charge < -0.3 is 5.32 Å². The molecule has 1 heterocycles. The molecule has 1 N–H and O–H groups in total. The third-order valence-corrected chi connectivity index (χ3v) is 3.38. The van der Waals surface area contributed by atoms with Gasteiger partial charge in [0.25, 0.3) is 0 Å². The highest BCUT2D eigenvalue weighted by Crippen LogP contribution is 2.36. The molecule has 1 nitrogen and oxygen atoms in total. The highest BCUT2D eigenvalue weighted by Gasteiger charge is 2.36. The first kappa shape index (κ1) is 11.2. The van der Waals surface area contributed by atoms with Crippen LogP contribution in [-0.4, -0.2) is 24.4 Å².